The number of aryl methyl sites for hydroxylation is 1. The van der Waals surface area contributed by atoms with Gasteiger partial charge in [-0.2, -0.15) is 0 Å². The molecule has 5 heteroatoms. The van der Waals surface area contributed by atoms with Crippen LogP contribution in [0.25, 0.3) is 0 Å². The lowest BCUT2D eigenvalue weighted by Crippen LogP contribution is -2.44. The van der Waals surface area contributed by atoms with Gasteiger partial charge in [0.2, 0.25) is 0 Å². The smallest absolute Gasteiger partial charge is 0.325 e. The van der Waals surface area contributed by atoms with Gasteiger partial charge in [-0.3, -0.25) is 9.59 Å². The fraction of sp³-hybridized carbons (Fsp3) is 0.333. The van der Waals surface area contributed by atoms with Crippen LogP contribution in [0, 0.1) is 0 Å². The van der Waals surface area contributed by atoms with Crippen molar-refractivity contribution in [2.45, 2.75) is 25.3 Å². The Kier molecular flexibility index (Phi) is 5.89. The van der Waals surface area contributed by atoms with Gasteiger partial charge in [-0.15, -0.1) is 0 Å². The first kappa shape index (κ1) is 18.0. The van der Waals surface area contributed by atoms with Crippen LogP contribution in [0.4, 0.5) is 11.4 Å². The Bertz CT molecular complexity index is 761. The molecule has 1 aliphatic rings. The van der Waals surface area contributed by atoms with Crippen LogP contribution in [0.1, 0.15) is 18.4 Å². The summed E-state index contributed by atoms with van der Waals surface area (Å²) < 4.78 is 4.85. The minimum Gasteiger partial charge on any atom is -0.468 e. The summed E-state index contributed by atoms with van der Waals surface area (Å²) in [6.07, 6.45) is 1.81. The third kappa shape index (κ3) is 4.23. The molecule has 1 unspecified atom stereocenters. The Morgan fingerprint density at radius 2 is 1.85 bits per heavy atom. The van der Waals surface area contributed by atoms with Gasteiger partial charge in [0.05, 0.1) is 24.5 Å². The van der Waals surface area contributed by atoms with E-state index in [-0.39, 0.29) is 24.3 Å². The minimum atomic E-state index is -0.345. The third-order valence-electron chi connectivity index (χ3n) is 4.72. The molecule has 5 nitrogen and oxygen atoms in total. The van der Waals surface area contributed by atoms with Crippen molar-refractivity contribution >= 4 is 23.1 Å². The highest BCUT2D eigenvalue weighted by Gasteiger charge is 2.30. The van der Waals surface area contributed by atoms with E-state index < -0.39 is 0 Å². The molecule has 1 N–H and O–H groups in total. The number of Topliss-reactive ketones (excluding diaryl/α,β-unsaturated/α-hetero) is 1. The molecule has 0 radical (unpaired) electrons. The highest BCUT2D eigenvalue weighted by atomic mass is 16.5. The number of fused-ring (bicyclic) bond motifs is 1. The number of esters is 1. The molecule has 1 heterocycles. The standard InChI is InChI=1S/C21H24N2O3/c1-26-21(25)15-23-18-10-6-5-9-17(18)22-14-13-19(23)20(24)12-11-16-7-3-2-4-8-16/h2-10,19,22H,11-15H2,1H3. The normalized spacial score (nSPS) is 16.2. The number of hydrogen-bond acceptors (Lipinski definition) is 5. The predicted molar refractivity (Wildman–Crippen MR) is 102 cm³/mol. The molecule has 0 amide bonds. The zero-order valence-electron chi connectivity index (χ0n) is 15.0. The molecular weight excluding hydrogens is 328 g/mol. The fourth-order valence-corrected chi connectivity index (χ4v) is 3.35. The van der Waals surface area contributed by atoms with Crippen LogP contribution < -0.4 is 10.2 Å². The number of rotatable bonds is 6. The summed E-state index contributed by atoms with van der Waals surface area (Å²) in [5.74, 6) is -0.196. The van der Waals surface area contributed by atoms with Crippen molar-refractivity contribution in [3.8, 4) is 0 Å². The number of carbonyl (C=O) groups excluding carboxylic acids is 2. The van der Waals surface area contributed by atoms with Gasteiger partial charge in [-0.05, 0) is 30.5 Å². The van der Waals surface area contributed by atoms with E-state index in [1.54, 1.807) is 0 Å². The SMILES string of the molecule is COC(=O)CN1c2ccccc2NCCC1C(=O)CCc1ccccc1. The maximum Gasteiger partial charge on any atom is 0.325 e. The summed E-state index contributed by atoms with van der Waals surface area (Å²) in [4.78, 5) is 26.8. The van der Waals surface area contributed by atoms with Gasteiger partial charge in [-0.1, -0.05) is 42.5 Å². The molecule has 0 aromatic heterocycles. The Labute approximate surface area is 154 Å². The second-order valence-corrected chi connectivity index (χ2v) is 6.40. The van der Waals surface area contributed by atoms with Gasteiger partial charge in [0.1, 0.15) is 6.54 Å². The maximum absolute atomic E-state index is 13.0. The molecule has 0 saturated carbocycles. The molecule has 26 heavy (non-hydrogen) atoms. The number of methoxy groups -OCH3 is 1. The number of benzene rings is 2. The molecule has 0 spiro atoms. The van der Waals surface area contributed by atoms with E-state index in [4.69, 9.17) is 4.74 Å². The van der Waals surface area contributed by atoms with Crippen LogP contribution in [0.5, 0.6) is 0 Å². The van der Waals surface area contributed by atoms with Gasteiger partial charge in [0.25, 0.3) is 0 Å². The quantitative estimate of drug-likeness (QED) is 0.810. The van der Waals surface area contributed by atoms with Gasteiger partial charge in [0, 0.05) is 13.0 Å². The molecule has 1 aliphatic heterocycles. The van der Waals surface area contributed by atoms with E-state index in [0.29, 0.717) is 25.8 Å². The van der Waals surface area contributed by atoms with E-state index in [1.165, 1.54) is 7.11 Å². The number of ether oxygens (including phenoxy) is 1. The van der Waals surface area contributed by atoms with E-state index in [1.807, 2.05) is 59.5 Å². The number of anilines is 2. The molecule has 0 saturated heterocycles. The predicted octanol–water partition coefficient (Wildman–Crippen LogP) is 3.05. The number of nitrogens with one attached hydrogen (secondary N) is 1. The van der Waals surface area contributed by atoms with Crippen LogP contribution in [0.2, 0.25) is 0 Å². The van der Waals surface area contributed by atoms with Crippen LogP contribution in [-0.2, 0) is 20.7 Å². The molecule has 0 fully saturated rings. The van der Waals surface area contributed by atoms with Crippen molar-refractivity contribution in [3.63, 3.8) is 0 Å². The first-order chi connectivity index (χ1) is 12.7. The summed E-state index contributed by atoms with van der Waals surface area (Å²) in [5, 5.41) is 3.36. The number of para-hydroxylation sites is 2. The molecule has 0 aliphatic carbocycles. The van der Waals surface area contributed by atoms with E-state index in [2.05, 4.69) is 5.32 Å². The average molecular weight is 352 g/mol. The summed E-state index contributed by atoms with van der Waals surface area (Å²) in [6, 6.07) is 17.4. The number of hydrogen-bond donors (Lipinski definition) is 1. The van der Waals surface area contributed by atoms with E-state index in [9.17, 15) is 9.59 Å². The first-order valence-corrected chi connectivity index (χ1v) is 8.92. The molecule has 3 rings (SSSR count). The maximum atomic E-state index is 13.0. The van der Waals surface area contributed by atoms with Crippen molar-refractivity contribution in [2.24, 2.45) is 0 Å². The largest absolute Gasteiger partial charge is 0.468 e. The lowest BCUT2D eigenvalue weighted by molar-refractivity contribution is -0.139. The van der Waals surface area contributed by atoms with Gasteiger partial charge in [-0.25, -0.2) is 0 Å². The Morgan fingerprint density at radius 3 is 2.62 bits per heavy atom. The molecule has 2 aromatic rings. The second-order valence-electron chi connectivity index (χ2n) is 6.40. The fourth-order valence-electron chi connectivity index (χ4n) is 3.35. The molecular formula is C21H24N2O3. The zero-order valence-corrected chi connectivity index (χ0v) is 15.0. The van der Waals surface area contributed by atoms with Crippen molar-refractivity contribution in [2.75, 3.05) is 30.4 Å². The Hall–Kier alpha value is -2.82. The van der Waals surface area contributed by atoms with Crippen molar-refractivity contribution in [3.05, 3.63) is 60.2 Å². The highest BCUT2D eigenvalue weighted by molar-refractivity contribution is 5.91. The van der Waals surface area contributed by atoms with Gasteiger partial charge in [0.15, 0.2) is 5.78 Å². The number of ketones is 1. The summed E-state index contributed by atoms with van der Waals surface area (Å²) in [7, 11) is 1.37. The topological polar surface area (TPSA) is 58.6 Å². The van der Waals surface area contributed by atoms with Crippen molar-refractivity contribution < 1.29 is 14.3 Å². The molecule has 2 aromatic carbocycles. The van der Waals surface area contributed by atoms with Gasteiger partial charge >= 0.3 is 5.97 Å². The third-order valence-corrected chi connectivity index (χ3v) is 4.72. The van der Waals surface area contributed by atoms with Gasteiger partial charge < -0.3 is 15.0 Å². The molecule has 1 atom stereocenters. The van der Waals surface area contributed by atoms with E-state index in [0.717, 1.165) is 16.9 Å². The van der Waals surface area contributed by atoms with Crippen LogP contribution >= 0.6 is 0 Å². The van der Waals surface area contributed by atoms with Crippen molar-refractivity contribution in [1.29, 1.82) is 0 Å². The molecule has 136 valence electrons. The first-order valence-electron chi connectivity index (χ1n) is 8.92. The number of nitrogens with zero attached hydrogens (tertiary/aromatic N) is 1. The Balaban J connectivity index is 1.80. The van der Waals surface area contributed by atoms with Crippen molar-refractivity contribution in [1.82, 2.24) is 0 Å². The lowest BCUT2D eigenvalue weighted by atomic mass is 9.99. The number of carbonyl (C=O) groups is 2. The van der Waals surface area contributed by atoms with E-state index >= 15 is 0 Å². The van der Waals surface area contributed by atoms with Crippen LogP contribution in [0.15, 0.2) is 54.6 Å². The lowest BCUT2D eigenvalue weighted by Gasteiger charge is -2.30. The Morgan fingerprint density at radius 1 is 1.12 bits per heavy atom. The summed E-state index contributed by atoms with van der Waals surface area (Å²) >= 11 is 0. The van der Waals surface area contributed by atoms with Crippen LogP contribution in [0.3, 0.4) is 0 Å². The zero-order chi connectivity index (χ0) is 18.4. The monoisotopic (exact) mass is 352 g/mol. The minimum absolute atomic E-state index is 0.0664. The summed E-state index contributed by atoms with van der Waals surface area (Å²) in [5.41, 5.74) is 2.95. The highest BCUT2D eigenvalue weighted by Crippen LogP contribution is 2.31. The average Bonchev–Trinajstić information content (AvgIpc) is 2.86. The summed E-state index contributed by atoms with van der Waals surface area (Å²) in [6.45, 7) is 0.757. The van der Waals surface area contributed by atoms with Crippen LogP contribution in [-0.4, -0.2) is 38.0 Å². The molecule has 0 bridgehead atoms. The second kappa shape index (κ2) is 8.52.